The molecule has 1 saturated heterocycles. The van der Waals surface area contributed by atoms with E-state index in [4.69, 9.17) is 21.7 Å². The third-order valence-electron chi connectivity index (χ3n) is 5.78. The maximum Gasteiger partial charge on any atom is 0.269 e. The van der Waals surface area contributed by atoms with Gasteiger partial charge in [-0.15, -0.1) is 0 Å². The molecule has 0 radical (unpaired) electrons. The molecule has 0 aliphatic carbocycles. The number of rotatable bonds is 6. The van der Waals surface area contributed by atoms with E-state index >= 15 is 0 Å². The van der Waals surface area contributed by atoms with E-state index in [0.717, 1.165) is 17.3 Å². The largest absolute Gasteiger partial charge is 0.493 e. The Morgan fingerprint density at radius 2 is 1.67 bits per heavy atom. The van der Waals surface area contributed by atoms with Crippen LogP contribution in [0.2, 0.25) is 0 Å². The van der Waals surface area contributed by atoms with Gasteiger partial charge in [-0.1, -0.05) is 72.5 Å². The van der Waals surface area contributed by atoms with Crippen LogP contribution < -0.4 is 15.0 Å². The van der Waals surface area contributed by atoms with Crippen molar-refractivity contribution in [1.29, 1.82) is 0 Å². The van der Waals surface area contributed by atoms with Crippen LogP contribution in [0.25, 0.3) is 11.7 Å². The van der Waals surface area contributed by atoms with Gasteiger partial charge in [0.1, 0.15) is 15.5 Å². The number of ether oxygens (including phenoxy) is 2. The number of thiocarbonyl (C=S) groups is 1. The Bertz CT molecular complexity index is 1570. The highest BCUT2D eigenvalue weighted by Crippen LogP contribution is 2.39. The van der Waals surface area contributed by atoms with Crippen molar-refractivity contribution in [2.24, 2.45) is 0 Å². The average Bonchev–Trinajstić information content (AvgIpc) is 3.19. The van der Waals surface area contributed by atoms with E-state index in [1.165, 1.54) is 17.6 Å². The zero-order chi connectivity index (χ0) is 25.2. The number of nitrogens with zero attached hydrogens (tertiary/aromatic N) is 3. The van der Waals surface area contributed by atoms with Crippen molar-refractivity contribution >= 4 is 45.9 Å². The molecule has 36 heavy (non-hydrogen) atoms. The van der Waals surface area contributed by atoms with Crippen molar-refractivity contribution in [1.82, 2.24) is 14.3 Å². The van der Waals surface area contributed by atoms with E-state index in [2.05, 4.69) is 4.98 Å². The Hall–Kier alpha value is -3.95. The zero-order valence-corrected chi connectivity index (χ0v) is 21.1. The molecule has 1 atom stereocenters. The molecule has 180 valence electrons. The molecule has 0 spiro atoms. The minimum Gasteiger partial charge on any atom is -0.493 e. The Kier molecular flexibility index (Phi) is 6.58. The predicted molar refractivity (Wildman–Crippen MR) is 144 cm³/mol. The van der Waals surface area contributed by atoms with Crippen LogP contribution in [0.5, 0.6) is 17.4 Å². The Morgan fingerprint density at radius 3 is 2.42 bits per heavy atom. The summed E-state index contributed by atoms with van der Waals surface area (Å²) < 4.78 is 13.3. The first-order valence-electron chi connectivity index (χ1n) is 11.1. The van der Waals surface area contributed by atoms with E-state index in [-0.39, 0.29) is 29.0 Å². The van der Waals surface area contributed by atoms with Crippen molar-refractivity contribution in [3.8, 4) is 17.4 Å². The number of amides is 1. The molecule has 1 aliphatic heterocycles. The lowest BCUT2D eigenvalue weighted by Crippen LogP contribution is -2.31. The zero-order valence-electron chi connectivity index (χ0n) is 19.5. The van der Waals surface area contributed by atoms with Gasteiger partial charge in [-0.25, -0.2) is 0 Å². The van der Waals surface area contributed by atoms with E-state index in [0.29, 0.717) is 26.4 Å². The maximum atomic E-state index is 13.5. The Balaban J connectivity index is 1.60. The molecule has 5 rings (SSSR count). The first kappa shape index (κ1) is 23.8. The van der Waals surface area contributed by atoms with Crippen molar-refractivity contribution in [2.45, 2.75) is 13.0 Å². The lowest BCUT2D eigenvalue weighted by Gasteiger charge is -2.23. The summed E-state index contributed by atoms with van der Waals surface area (Å²) in [7, 11) is 1.53. The van der Waals surface area contributed by atoms with Crippen LogP contribution in [0.15, 0.2) is 88.7 Å². The van der Waals surface area contributed by atoms with E-state index in [9.17, 15) is 9.59 Å². The highest BCUT2D eigenvalue weighted by Gasteiger charge is 2.36. The second kappa shape index (κ2) is 9.96. The minimum atomic E-state index is -0.369. The standard InChI is InChI=1S/C27H21N3O4S2/c1-17(18-10-4-3-5-11-18)30-26(32)22(36-27(30)35)16-19-24(34-21-13-7-6-12-20(21)33-2)28-23-14-8-9-15-29(23)25(19)31/h3-17H,1-2H3/b22-16+. The van der Waals surface area contributed by atoms with Gasteiger partial charge in [0.15, 0.2) is 11.5 Å². The fourth-order valence-electron chi connectivity index (χ4n) is 3.92. The number of pyridine rings is 1. The number of para-hydroxylation sites is 2. The van der Waals surface area contributed by atoms with Crippen LogP contribution in [0.4, 0.5) is 0 Å². The van der Waals surface area contributed by atoms with Crippen molar-refractivity contribution in [3.63, 3.8) is 0 Å². The third-order valence-corrected chi connectivity index (χ3v) is 7.11. The summed E-state index contributed by atoms with van der Waals surface area (Å²) in [4.78, 5) is 33.4. The number of thioether (sulfide) groups is 1. The number of hydrogen-bond donors (Lipinski definition) is 0. The highest BCUT2D eigenvalue weighted by atomic mass is 32.2. The van der Waals surface area contributed by atoms with Gasteiger partial charge in [-0.05, 0) is 42.8 Å². The minimum absolute atomic E-state index is 0.0667. The van der Waals surface area contributed by atoms with Crippen LogP contribution in [0, 0.1) is 0 Å². The highest BCUT2D eigenvalue weighted by molar-refractivity contribution is 8.26. The molecule has 1 aliphatic rings. The number of hydrogen-bond acceptors (Lipinski definition) is 7. The molecule has 1 amide bonds. The average molecular weight is 516 g/mol. The molecule has 4 aromatic rings. The first-order valence-corrected chi connectivity index (χ1v) is 12.3. The molecule has 0 N–H and O–H groups in total. The van der Waals surface area contributed by atoms with E-state index in [1.807, 2.05) is 43.3 Å². The van der Waals surface area contributed by atoms with E-state index in [1.54, 1.807) is 47.5 Å². The summed E-state index contributed by atoms with van der Waals surface area (Å²) in [6, 6.07) is 21.7. The van der Waals surface area contributed by atoms with Crippen LogP contribution in [-0.4, -0.2) is 31.6 Å². The maximum absolute atomic E-state index is 13.5. The van der Waals surface area contributed by atoms with Crippen molar-refractivity contribution in [2.75, 3.05) is 7.11 Å². The first-order chi connectivity index (χ1) is 17.5. The lowest BCUT2D eigenvalue weighted by atomic mass is 10.1. The summed E-state index contributed by atoms with van der Waals surface area (Å²) in [6.07, 6.45) is 3.13. The molecule has 7 nitrogen and oxygen atoms in total. The summed E-state index contributed by atoms with van der Waals surface area (Å²) in [6.45, 7) is 1.92. The third kappa shape index (κ3) is 4.38. The van der Waals surface area contributed by atoms with Crippen molar-refractivity contribution < 1.29 is 14.3 Å². The summed E-state index contributed by atoms with van der Waals surface area (Å²) in [5, 5.41) is 0. The lowest BCUT2D eigenvalue weighted by molar-refractivity contribution is -0.123. The van der Waals surface area contributed by atoms with Gasteiger partial charge in [-0.3, -0.25) is 18.9 Å². The topological polar surface area (TPSA) is 73.1 Å². The van der Waals surface area contributed by atoms with Crippen LogP contribution in [0.3, 0.4) is 0 Å². The monoisotopic (exact) mass is 515 g/mol. The molecule has 0 bridgehead atoms. The summed E-state index contributed by atoms with van der Waals surface area (Å²) in [5.74, 6) is 0.674. The van der Waals surface area contributed by atoms with Gasteiger partial charge < -0.3 is 9.47 Å². The number of aromatic nitrogens is 2. The molecule has 1 fully saturated rings. The second-order valence-corrected chi connectivity index (χ2v) is 9.63. The molecule has 0 saturated carbocycles. The quantitative estimate of drug-likeness (QED) is 0.249. The number of methoxy groups -OCH3 is 1. The second-order valence-electron chi connectivity index (χ2n) is 7.96. The van der Waals surface area contributed by atoms with Gasteiger partial charge in [0, 0.05) is 6.20 Å². The number of carbonyl (C=O) groups is 1. The number of fused-ring (bicyclic) bond motifs is 1. The molecule has 3 heterocycles. The molecule has 9 heteroatoms. The smallest absolute Gasteiger partial charge is 0.269 e. The molecule has 2 aromatic heterocycles. The fourth-order valence-corrected chi connectivity index (χ4v) is 5.32. The van der Waals surface area contributed by atoms with Crippen LogP contribution in [-0.2, 0) is 4.79 Å². The molecular formula is C27H21N3O4S2. The number of benzene rings is 2. The van der Waals surface area contributed by atoms with Crippen LogP contribution in [0.1, 0.15) is 24.1 Å². The van der Waals surface area contributed by atoms with Crippen LogP contribution >= 0.6 is 24.0 Å². The van der Waals surface area contributed by atoms with Gasteiger partial charge in [0.2, 0.25) is 5.88 Å². The van der Waals surface area contributed by atoms with Crippen molar-refractivity contribution in [3.05, 3.63) is 105 Å². The Labute approximate surface area is 217 Å². The number of carbonyl (C=O) groups excluding carboxylic acids is 1. The predicted octanol–water partition coefficient (Wildman–Crippen LogP) is 5.46. The SMILES string of the molecule is COc1ccccc1Oc1nc2ccccn2c(=O)c1/C=C1/SC(=S)N(C(C)c2ccccc2)C1=O. The summed E-state index contributed by atoms with van der Waals surface area (Å²) in [5.41, 5.74) is 1.14. The molecule has 2 aromatic carbocycles. The summed E-state index contributed by atoms with van der Waals surface area (Å²) >= 11 is 6.70. The van der Waals surface area contributed by atoms with E-state index < -0.39 is 0 Å². The normalized spacial score (nSPS) is 15.5. The molecule has 1 unspecified atom stereocenters. The Morgan fingerprint density at radius 1 is 0.972 bits per heavy atom. The van der Waals surface area contributed by atoms with Gasteiger partial charge in [0.25, 0.3) is 11.5 Å². The fraction of sp³-hybridized carbons (Fsp3) is 0.111. The molecular weight excluding hydrogens is 494 g/mol. The van der Waals surface area contributed by atoms with Gasteiger partial charge in [0.05, 0.1) is 18.1 Å². The van der Waals surface area contributed by atoms with Gasteiger partial charge >= 0.3 is 0 Å². The van der Waals surface area contributed by atoms with Gasteiger partial charge in [-0.2, -0.15) is 4.98 Å².